The summed E-state index contributed by atoms with van der Waals surface area (Å²) in [7, 11) is 0. The third-order valence-electron chi connectivity index (χ3n) is 4.31. The van der Waals surface area contributed by atoms with E-state index in [4.69, 9.17) is 4.42 Å². The van der Waals surface area contributed by atoms with Crippen molar-refractivity contribution in [2.24, 2.45) is 0 Å². The summed E-state index contributed by atoms with van der Waals surface area (Å²) >= 11 is 0. The molecule has 0 aliphatic heterocycles. The summed E-state index contributed by atoms with van der Waals surface area (Å²) in [6.45, 7) is 3.67. The predicted molar refractivity (Wildman–Crippen MR) is 106 cm³/mol. The Bertz CT molecular complexity index is 1220. The number of rotatable bonds is 5. The fourth-order valence-corrected chi connectivity index (χ4v) is 2.97. The molecule has 4 rings (SSSR count). The Morgan fingerprint density at radius 2 is 1.97 bits per heavy atom. The Kier molecular flexibility index (Phi) is 5.09. The van der Waals surface area contributed by atoms with Crippen molar-refractivity contribution >= 4 is 16.8 Å². The first-order valence-corrected chi connectivity index (χ1v) is 9.28. The maximum absolute atomic E-state index is 13.1. The molecule has 3 heterocycles. The standard InChI is InChI=1S/C21H18FN5O3/c1-11(2)24-20(29)17-14-4-3-9-23-16(14)19(28)18(25-17)21-27-26-15(30-21)10-12-5-7-13(22)8-6-12/h3-9,11,28H,10H2,1-2H3,(H,24,29). The quantitative estimate of drug-likeness (QED) is 0.522. The highest BCUT2D eigenvalue weighted by Crippen LogP contribution is 2.34. The van der Waals surface area contributed by atoms with E-state index in [0.717, 1.165) is 5.56 Å². The Labute approximate surface area is 170 Å². The van der Waals surface area contributed by atoms with Crippen LogP contribution in [-0.4, -0.2) is 37.2 Å². The van der Waals surface area contributed by atoms with Gasteiger partial charge in [-0.1, -0.05) is 12.1 Å². The number of pyridine rings is 2. The van der Waals surface area contributed by atoms with Crippen LogP contribution in [0, 0.1) is 5.82 Å². The number of aromatic hydroxyl groups is 1. The third kappa shape index (κ3) is 3.82. The predicted octanol–water partition coefficient (Wildman–Crippen LogP) is 3.25. The number of fused-ring (bicyclic) bond motifs is 1. The van der Waals surface area contributed by atoms with Crippen molar-refractivity contribution < 1.29 is 18.7 Å². The maximum atomic E-state index is 13.1. The molecule has 3 aromatic heterocycles. The summed E-state index contributed by atoms with van der Waals surface area (Å²) in [6.07, 6.45) is 1.78. The molecule has 2 N–H and O–H groups in total. The maximum Gasteiger partial charge on any atom is 0.270 e. The number of hydrogen-bond donors (Lipinski definition) is 2. The topological polar surface area (TPSA) is 114 Å². The number of aromatic nitrogens is 4. The number of carbonyl (C=O) groups is 1. The van der Waals surface area contributed by atoms with E-state index < -0.39 is 5.91 Å². The van der Waals surface area contributed by atoms with Gasteiger partial charge in [0, 0.05) is 17.6 Å². The molecule has 9 heteroatoms. The lowest BCUT2D eigenvalue weighted by Crippen LogP contribution is -2.31. The van der Waals surface area contributed by atoms with Crippen LogP contribution in [0.1, 0.15) is 35.8 Å². The van der Waals surface area contributed by atoms with Crippen LogP contribution in [0.2, 0.25) is 0 Å². The van der Waals surface area contributed by atoms with Gasteiger partial charge in [-0.25, -0.2) is 9.37 Å². The largest absolute Gasteiger partial charge is 0.504 e. The summed E-state index contributed by atoms with van der Waals surface area (Å²) in [6, 6.07) is 9.12. The first-order valence-electron chi connectivity index (χ1n) is 9.28. The average Bonchev–Trinajstić information content (AvgIpc) is 3.18. The van der Waals surface area contributed by atoms with Gasteiger partial charge < -0.3 is 14.8 Å². The van der Waals surface area contributed by atoms with Gasteiger partial charge in [-0.05, 0) is 43.7 Å². The summed E-state index contributed by atoms with van der Waals surface area (Å²) in [4.78, 5) is 21.1. The van der Waals surface area contributed by atoms with E-state index in [9.17, 15) is 14.3 Å². The van der Waals surface area contributed by atoms with E-state index in [-0.39, 0.29) is 52.7 Å². The lowest BCUT2D eigenvalue weighted by molar-refractivity contribution is 0.0940. The van der Waals surface area contributed by atoms with Crippen molar-refractivity contribution in [2.75, 3.05) is 0 Å². The number of carbonyl (C=O) groups excluding carboxylic acids is 1. The van der Waals surface area contributed by atoms with Gasteiger partial charge >= 0.3 is 0 Å². The minimum Gasteiger partial charge on any atom is -0.504 e. The number of nitrogens with zero attached hydrogens (tertiary/aromatic N) is 4. The van der Waals surface area contributed by atoms with Gasteiger partial charge in [0.2, 0.25) is 5.89 Å². The van der Waals surface area contributed by atoms with Crippen molar-refractivity contribution in [1.82, 2.24) is 25.5 Å². The van der Waals surface area contributed by atoms with Crippen LogP contribution in [-0.2, 0) is 6.42 Å². The molecule has 0 saturated heterocycles. The highest BCUT2D eigenvalue weighted by atomic mass is 19.1. The van der Waals surface area contributed by atoms with Crippen molar-refractivity contribution in [3.8, 4) is 17.3 Å². The fraction of sp³-hybridized carbons (Fsp3) is 0.190. The van der Waals surface area contributed by atoms with Gasteiger partial charge in [0.1, 0.15) is 17.0 Å². The van der Waals surface area contributed by atoms with E-state index in [2.05, 4.69) is 25.5 Å². The number of amides is 1. The second-order valence-electron chi connectivity index (χ2n) is 6.99. The molecule has 152 valence electrons. The normalized spacial score (nSPS) is 11.2. The van der Waals surface area contributed by atoms with Crippen LogP contribution < -0.4 is 5.32 Å². The Balaban J connectivity index is 1.75. The van der Waals surface area contributed by atoms with Crippen molar-refractivity contribution in [3.63, 3.8) is 0 Å². The Morgan fingerprint density at radius 3 is 2.70 bits per heavy atom. The molecular formula is C21H18FN5O3. The molecule has 0 unspecified atom stereocenters. The lowest BCUT2D eigenvalue weighted by Gasteiger charge is -2.11. The zero-order chi connectivity index (χ0) is 21.3. The summed E-state index contributed by atoms with van der Waals surface area (Å²) < 4.78 is 18.7. The van der Waals surface area contributed by atoms with Crippen molar-refractivity contribution in [3.05, 3.63) is 65.6 Å². The van der Waals surface area contributed by atoms with Crippen LogP contribution in [0.25, 0.3) is 22.5 Å². The molecule has 30 heavy (non-hydrogen) atoms. The molecule has 0 atom stereocenters. The molecule has 0 radical (unpaired) electrons. The van der Waals surface area contributed by atoms with E-state index >= 15 is 0 Å². The Hall–Kier alpha value is -3.88. The minimum atomic E-state index is -0.407. The zero-order valence-electron chi connectivity index (χ0n) is 16.3. The SMILES string of the molecule is CC(C)NC(=O)c1nc(-c2nnc(Cc3ccc(F)cc3)o2)c(O)c2ncccc12. The van der Waals surface area contributed by atoms with Crippen LogP contribution in [0.3, 0.4) is 0 Å². The molecule has 1 amide bonds. The highest BCUT2D eigenvalue weighted by Gasteiger charge is 2.23. The monoisotopic (exact) mass is 407 g/mol. The van der Waals surface area contributed by atoms with Crippen LogP contribution >= 0.6 is 0 Å². The van der Waals surface area contributed by atoms with Crippen LogP contribution in [0.5, 0.6) is 5.75 Å². The van der Waals surface area contributed by atoms with E-state index in [0.29, 0.717) is 5.39 Å². The van der Waals surface area contributed by atoms with Gasteiger partial charge in [0.05, 0.1) is 6.42 Å². The van der Waals surface area contributed by atoms with Gasteiger partial charge in [-0.15, -0.1) is 10.2 Å². The second-order valence-corrected chi connectivity index (χ2v) is 6.99. The molecule has 0 spiro atoms. The molecule has 4 aromatic rings. The third-order valence-corrected chi connectivity index (χ3v) is 4.31. The molecule has 0 saturated carbocycles. The summed E-state index contributed by atoms with van der Waals surface area (Å²) in [5, 5.41) is 21.8. The molecule has 0 aliphatic carbocycles. The smallest absolute Gasteiger partial charge is 0.270 e. The van der Waals surface area contributed by atoms with E-state index in [1.807, 2.05) is 13.8 Å². The second kappa shape index (κ2) is 7.86. The number of nitrogens with one attached hydrogen (secondary N) is 1. The van der Waals surface area contributed by atoms with Crippen LogP contribution in [0.4, 0.5) is 4.39 Å². The average molecular weight is 407 g/mol. The summed E-state index contributed by atoms with van der Waals surface area (Å²) in [5.74, 6) is -0.795. The van der Waals surface area contributed by atoms with Gasteiger partial charge in [0.15, 0.2) is 11.4 Å². The van der Waals surface area contributed by atoms with E-state index in [1.165, 1.54) is 18.3 Å². The van der Waals surface area contributed by atoms with E-state index in [1.54, 1.807) is 24.3 Å². The molecule has 0 aliphatic rings. The Morgan fingerprint density at radius 1 is 1.20 bits per heavy atom. The first kappa shape index (κ1) is 19.4. The fourth-order valence-electron chi connectivity index (χ4n) is 2.97. The minimum absolute atomic E-state index is 0.0343. The van der Waals surface area contributed by atoms with Crippen LogP contribution in [0.15, 0.2) is 47.0 Å². The molecule has 0 fully saturated rings. The van der Waals surface area contributed by atoms with Crippen molar-refractivity contribution in [1.29, 1.82) is 0 Å². The molecule has 1 aromatic carbocycles. The summed E-state index contributed by atoms with van der Waals surface area (Å²) in [5.41, 5.74) is 1.04. The zero-order valence-corrected chi connectivity index (χ0v) is 16.3. The molecule has 8 nitrogen and oxygen atoms in total. The van der Waals surface area contributed by atoms with Crippen molar-refractivity contribution in [2.45, 2.75) is 26.3 Å². The highest BCUT2D eigenvalue weighted by molar-refractivity contribution is 6.07. The first-order chi connectivity index (χ1) is 14.4. The molecule has 0 bridgehead atoms. The number of halogens is 1. The van der Waals surface area contributed by atoms with Gasteiger partial charge in [0.25, 0.3) is 11.8 Å². The number of benzene rings is 1. The number of hydrogen-bond acceptors (Lipinski definition) is 7. The van der Waals surface area contributed by atoms with Gasteiger partial charge in [-0.3, -0.25) is 9.78 Å². The molecular weight excluding hydrogens is 389 g/mol. The lowest BCUT2D eigenvalue weighted by atomic mass is 10.1. The van der Waals surface area contributed by atoms with Gasteiger partial charge in [-0.2, -0.15) is 0 Å².